The molecule has 0 unspecified atom stereocenters. The smallest absolute Gasteiger partial charge is 0.279 e. The Hall–Kier alpha value is -1.24. The maximum absolute atomic E-state index is 12.1. The molecular weight excluding hydrogens is 309 g/mol. The van der Waals surface area contributed by atoms with Crippen LogP contribution in [0.25, 0.3) is 0 Å². The van der Waals surface area contributed by atoms with Crippen molar-refractivity contribution in [2.24, 2.45) is 0 Å². The predicted octanol–water partition coefficient (Wildman–Crippen LogP) is 3.08. The summed E-state index contributed by atoms with van der Waals surface area (Å²) in [6.45, 7) is 1.87. The fraction of sp³-hybridized carbons (Fsp3) is 0.182. The van der Waals surface area contributed by atoms with E-state index in [1.54, 1.807) is 18.2 Å². The van der Waals surface area contributed by atoms with Crippen molar-refractivity contribution in [2.45, 2.75) is 18.4 Å². The molecule has 8 heteroatoms. The summed E-state index contributed by atoms with van der Waals surface area (Å²) in [6.07, 6.45) is 1.87. The summed E-state index contributed by atoms with van der Waals surface area (Å²) in [5, 5.41) is 0.429. The molecular formula is C11H11Cl2N3O2S. The Kier molecular flexibility index (Phi) is 4.03. The van der Waals surface area contributed by atoms with Crippen LogP contribution in [0.3, 0.4) is 0 Å². The topological polar surface area (TPSA) is 74.8 Å². The van der Waals surface area contributed by atoms with Gasteiger partial charge in [0.25, 0.3) is 10.0 Å². The summed E-state index contributed by atoms with van der Waals surface area (Å²) in [7, 11) is -3.78. The Morgan fingerprint density at radius 2 is 1.95 bits per heavy atom. The van der Waals surface area contributed by atoms with Crippen LogP contribution in [0.4, 0.5) is 5.69 Å². The van der Waals surface area contributed by atoms with Gasteiger partial charge in [-0.1, -0.05) is 36.2 Å². The summed E-state index contributed by atoms with van der Waals surface area (Å²) in [5.74, 6) is 0.589. The van der Waals surface area contributed by atoms with Gasteiger partial charge < -0.3 is 4.98 Å². The van der Waals surface area contributed by atoms with E-state index in [1.165, 1.54) is 6.20 Å². The highest BCUT2D eigenvalue weighted by Crippen LogP contribution is 2.31. The van der Waals surface area contributed by atoms with E-state index >= 15 is 0 Å². The van der Waals surface area contributed by atoms with E-state index in [0.29, 0.717) is 12.2 Å². The van der Waals surface area contributed by atoms with Crippen LogP contribution in [0.2, 0.25) is 10.0 Å². The van der Waals surface area contributed by atoms with Gasteiger partial charge in [0.15, 0.2) is 5.03 Å². The van der Waals surface area contributed by atoms with E-state index in [0.717, 1.165) is 0 Å². The minimum atomic E-state index is -3.78. The quantitative estimate of drug-likeness (QED) is 0.909. The standard InChI is InChI=1S/C11H11Cl2N3O2S/c1-2-9-14-6-10(15-9)19(17,18)16-11-7(12)4-3-5-8(11)13/h3-6,16H,2H2,1H3,(H,14,15). The second-order valence-electron chi connectivity index (χ2n) is 3.75. The normalized spacial score (nSPS) is 11.5. The van der Waals surface area contributed by atoms with Crippen molar-refractivity contribution < 1.29 is 8.42 Å². The predicted molar refractivity (Wildman–Crippen MR) is 75.2 cm³/mol. The Bertz CT molecular complexity index is 677. The van der Waals surface area contributed by atoms with Crippen LogP contribution < -0.4 is 4.72 Å². The zero-order valence-electron chi connectivity index (χ0n) is 9.94. The third-order valence-corrected chi connectivity index (χ3v) is 4.32. The lowest BCUT2D eigenvalue weighted by atomic mass is 10.3. The van der Waals surface area contributed by atoms with Crippen LogP contribution in [0.5, 0.6) is 0 Å². The van der Waals surface area contributed by atoms with Gasteiger partial charge in [0.05, 0.1) is 21.9 Å². The van der Waals surface area contributed by atoms with Crippen LogP contribution in [0.15, 0.2) is 29.4 Å². The number of hydrogen-bond donors (Lipinski definition) is 2. The summed E-state index contributed by atoms with van der Waals surface area (Å²) in [6, 6.07) is 4.74. The van der Waals surface area contributed by atoms with Crippen LogP contribution in [-0.2, 0) is 16.4 Å². The van der Waals surface area contributed by atoms with Crippen molar-refractivity contribution in [3.05, 3.63) is 40.3 Å². The minimum Gasteiger partial charge on any atom is -0.332 e. The highest BCUT2D eigenvalue weighted by Gasteiger charge is 2.19. The van der Waals surface area contributed by atoms with Crippen molar-refractivity contribution in [1.29, 1.82) is 0 Å². The number of H-pyrrole nitrogens is 1. The molecule has 0 saturated carbocycles. The van der Waals surface area contributed by atoms with E-state index in [1.807, 2.05) is 6.92 Å². The van der Waals surface area contributed by atoms with Crippen molar-refractivity contribution in [3.63, 3.8) is 0 Å². The Labute approximate surface area is 121 Å². The number of aryl methyl sites for hydroxylation is 1. The van der Waals surface area contributed by atoms with Crippen molar-refractivity contribution in [1.82, 2.24) is 9.97 Å². The second kappa shape index (κ2) is 5.40. The number of halogens is 2. The summed E-state index contributed by atoms with van der Waals surface area (Å²) >= 11 is 11.8. The van der Waals surface area contributed by atoms with Crippen LogP contribution in [0, 0.1) is 0 Å². The largest absolute Gasteiger partial charge is 0.332 e. The van der Waals surface area contributed by atoms with Gasteiger partial charge in [-0.15, -0.1) is 0 Å². The van der Waals surface area contributed by atoms with Gasteiger partial charge in [-0.25, -0.2) is 4.98 Å². The number of anilines is 1. The number of imidazole rings is 1. The number of benzene rings is 1. The number of para-hydroxylation sites is 1. The van der Waals surface area contributed by atoms with Gasteiger partial charge in [0.2, 0.25) is 0 Å². The Morgan fingerprint density at radius 1 is 1.32 bits per heavy atom. The molecule has 0 aliphatic carbocycles. The third kappa shape index (κ3) is 3.02. The van der Waals surface area contributed by atoms with E-state index in [2.05, 4.69) is 14.7 Å². The lowest BCUT2D eigenvalue weighted by molar-refractivity contribution is 0.598. The molecule has 0 atom stereocenters. The number of aromatic nitrogens is 2. The molecule has 2 aromatic rings. The van der Waals surface area contributed by atoms with Gasteiger partial charge in [-0.2, -0.15) is 8.42 Å². The molecule has 102 valence electrons. The summed E-state index contributed by atoms with van der Waals surface area (Å²) in [5.41, 5.74) is 0.151. The Balaban J connectivity index is 2.36. The first-order chi connectivity index (χ1) is 8.94. The van der Waals surface area contributed by atoms with Crippen molar-refractivity contribution >= 4 is 38.9 Å². The van der Waals surface area contributed by atoms with Gasteiger partial charge in [-0.05, 0) is 12.1 Å². The maximum Gasteiger partial charge on any atom is 0.279 e. The minimum absolute atomic E-state index is 0.0275. The fourth-order valence-corrected chi connectivity index (χ4v) is 3.09. The van der Waals surface area contributed by atoms with E-state index in [-0.39, 0.29) is 20.8 Å². The fourth-order valence-electron chi connectivity index (χ4n) is 1.44. The number of rotatable bonds is 4. The average molecular weight is 320 g/mol. The molecule has 0 spiro atoms. The number of aromatic amines is 1. The lowest BCUT2D eigenvalue weighted by Gasteiger charge is -2.09. The summed E-state index contributed by atoms with van der Waals surface area (Å²) in [4.78, 5) is 6.66. The molecule has 5 nitrogen and oxygen atoms in total. The molecule has 0 radical (unpaired) electrons. The molecule has 0 saturated heterocycles. The van der Waals surface area contributed by atoms with Crippen LogP contribution in [0.1, 0.15) is 12.7 Å². The van der Waals surface area contributed by atoms with Crippen LogP contribution >= 0.6 is 23.2 Å². The molecule has 0 aliphatic rings. The number of nitrogens with one attached hydrogen (secondary N) is 2. The first-order valence-electron chi connectivity index (χ1n) is 5.44. The molecule has 1 aromatic heterocycles. The van der Waals surface area contributed by atoms with Gasteiger partial charge >= 0.3 is 0 Å². The molecule has 0 bridgehead atoms. The molecule has 2 rings (SSSR count). The zero-order valence-corrected chi connectivity index (χ0v) is 12.3. The monoisotopic (exact) mass is 319 g/mol. The molecule has 0 aliphatic heterocycles. The van der Waals surface area contributed by atoms with Crippen molar-refractivity contribution in [3.8, 4) is 0 Å². The molecule has 19 heavy (non-hydrogen) atoms. The molecule has 0 amide bonds. The first-order valence-corrected chi connectivity index (χ1v) is 7.68. The number of hydrogen-bond acceptors (Lipinski definition) is 3. The van der Waals surface area contributed by atoms with Gasteiger partial charge in [0.1, 0.15) is 5.82 Å². The van der Waals surface area contributed by atoms with Gasteiger partial charge in [-0.3, -0.25) is 4.72 Å². The van der Waals surface area contributed by atoms with E-state index < -0.39 is 10.0 Å². The lowest BCUT2D eigenvalue weighted by Crippen LogP contribution is -2.14. The zero-order chi connectivity index (χ0) is 14.0. The molecule has 1 heterocycles. The average Bonchev–Trinajstić information content (AvgIpc) is 2.83. The molecule has 0 fully saturated rings. The third-order valence-electron chi connectivity index (χ3n) is 2.43. The Morgan fingerprint density at radius 3 is 2.47 bits per heavy atom. The number of nitrogens with zero attached hydrogens (tertiary/aromatic N) is 1. The summed E-state index contributed by atoms with van der Waals surface area (Å²) < 4.78 is 26.6. The molecule has 1 aromatic carbocycles. The van der Waals surface area contributed by atoms with Crippen LogP contribution in [-0.4, -0.2) is 18.4 Å². The highest BCUT2D eigenvalue weighted by molar-refractivity contribution is 7.92. The second-order valence-corrected chi connectivity index (χ2v) is 6.22. The molecule has 2 N–H and O–H groups in total. The first kappa shape index (κ1) is 14.2. The van der Waals surface area contributed by atoms with E-state index in [4.69, 9.17) is 23.2 Å². The number of sulfonamides is 1. The van der Waals surface area contributed by atoms with E-state index in [9.17, 15) is 8.42 Å². The highest BCUT2D eigenvalue weighted by atomic mass is 35.5. The SMILES string of the molecule is CCc1ncc(S(=O)(=O)Nc2c(Cl)cccc2Cl)[nH]1. The van der Waals surface area contributed by atoms with Crippen molar-refractivity contribution in [2.75, 3.05) is 4.72 Å². The van der Waals surface area contributed by atoms with Gasteiger partial charge in [0, 0.05) is 6.42 Å². The maximum atomic E-state index is 12.1.